The van der Waals surface area contributed by atoms with Gasteiger partial charge >= 0.3 is 0 Å². The molecule has 0 saturated heterocycles. The molecule has 6 nitrogen and oxygen atoms in total. The zero-order chi connectivity index (χ0) is 21.3. The topological polar surface area (TPSA) is 64.9 Å². The van der Waals surface area contributed by atoms with Gasteiger partial charge in [-0.25, -0.2) is 0 Å². The third-order valence-electron chi connectivity index (χ3n) is 3.98. The summed E-state index contributed by atoms with van der Waals surface area (Å²) in [6.45, 7) is 15.7. The molecule has 0 unspecified atom stereocenters. The normalized spacial score (nSPS) is 16.7. The van der Waals surface area contributed by atoms with Crippen molar-refractivity contribution in [1.29, 1.82) is 0 Å². The van der Waals surface area contributed by atoms with E-state index in [9.17, 15) is 9.59 Å². The first-order valence-electron chi connectivity index (χ1n) is 9.70. The number of carbonyl (C=O) groups is 2. The molecule has 0 aromatic carbocycles. The molecule has 6 heteroatoms. The Kier molecular flexibility index (Phi) is 10.8. The van der Waals surface area contributed by atoms with Crippen LogP contribution in [-0.2, 0) is 9.59 Å². The Hall–Kier alpha value is -1.98. The summed E-state index contributed by atoms with van der Waals surface area (Å²) in [4.78, 5) is 22.3. The first kappa shape index (κ1) is 25.0. The molecule has 0 amide bonds. The molecule has 27 heavy (non-hydrogen) atoms. The van der Waals surface area contributed by atoms with E-state index in [0.717, 1.165) is 11.4 Å². The molecule has 0 N–H and O–H groups in total. The van der Waals surface area contributed by atoms with Gasteiger partial charge in [0.15, 0.2) is 25.7 Å². The van der Waals surface area contributed by atoms with Gasteiger partial charge in [0.2, 0.25) is 23.5 Å². The number of nitrogens with zero attached hydrogens (tertiary/aromatic N) is 4. The van der Waals surface area contributed by atoms with Gasteiger partial charge in [0.1, 0.15) is 0 Å². The molecule has 0 aromatic rings. The highest BCUT2D eigenvalue weighted by Crippen LogP contribution is 2.24. The van der Waals surface area contributed by atoms with Crippen molar-refractivity contribution in [3.63, 3.8) is 0 Å². The quantitative estimate of drug-likeness (QED) is 0.639. The van der Waals surface area contributed by atoms with Crippen LogP contribution in [-0.4, -0.2) is 35.1 Å². The predicted octanol–water partition coefficient (Wildman–Crippen LogP) is 4.93. The minimum Gasteiger partial charge on any atom is -0.296 e. The molecule has 150 valence electrons. The molecule has 0 saturated carbocycles. The number of rotatable bonds is 5. The number of allylic oxidation sites excluding steroid dienone is 2. The van der Waals surface area contributed by atoms with Crippen molar-refractivity contribution in [2.75, 3.05) is 14.1 Å². The van der Waals surface area contributed by atoms with Gasteiger partial charge in [-0.3, -0.25) is 9.59 Å². The molecule has 2 rings (SSSR count). The van der Waals surface area contributed by atoms with E-state index in [1.807, 2.05) is 47.0 Å². The molecule has 0 spiro atoms. The van der Waals surface area contributed by atoms with Crippen LogP contribution in [0.1, 0.15) is 61.8 Å². The van der Waals surface area contributed by atoms with Gasteiger partial charge in [-0.2, -0.15) is 0 Å². The van der Waals surface area contributed by atoms with Crippen LogP contribution in [0.2, 0.25) is 0 Å². The number of Topliss-reactive ketones (excluding diaryl/α,β-unsaturated/α-hetero) is 2. The summed E-state index contributed by atoms with van der Waals surface area (Å²) in [5, 5.41) is 8.27. The molecule has 0 bridgehead atoms. The predicted molar refractivity (Wildman–Crippen MR) is 107 cm³/mol. The fourth-order valence-corrected chi connectivity index (χ4v) is 2.53. The maximum Gasteiger partial charge on any atom is 0.247 e. The standard InChI is InChI=1S/C10H16N2O.C9H14N2O.C2H6/c1-5-10(13)8-6-9(7(2)3)12(4)11-8;1-6(2)9-5-8(7(3)12)10-11(9)4;1-2/h6-7H,5H2,1-4H3;5-6H,1-4H3;1-2H3/q2*+1;. The van der Waals surface area contributed by atoms with Crippen LogP contribution in [0, 0.1) is 23.9 Å². The van der Waals surface area contributed by atoms with Crippen molar-refractivity contribution in [3.8, 4) is 0 Å². The highest BCUT2D eigenvalue weighted by molar-refractivity contribution is 5.94. The lowest BCUT2D eigenvalue weighted by molar-refractivity contribution is -0.516. The number of carbonyl (C=O) groups excluding carboxylic acids is 2. The molecule has 0 fully saturated rings. The van der Waals surface area contributed by atoms with E-state index in [2.05, 4.69) is 37.9 Å². The summed E-state index contributed by atoms with van der Waals surface area (Å²) in [6, 6.07) is 1.15. The van der Waals surface area contributed by atoms with Crippen LogP contribution in [0.5, 0.6) is 0 Å². The SMILES string of the molecule is CC.CC(=O)[C]1C=C(C(C)C)[N+](C)=N1.CCC(=O)[C]1C=C(C(C)C)[N+](C)=N1. The summed E-state index contributed by atoms with van der Waals surface area (Å²) in [7, 11) is 3.74. The molecule has 2 heterocycles. The van der Waals surface area contributed by atoms with Crippen LogP contribution in [0.3, 0.4) is 0 Å². The second kappa shape index (κ2) is 11.7. The lowest BCUT2D eigenvalue weighted by atomic mass is 10.1. The molecule has 0 aromatic heterocycles. The maximum atomic E-state index is 11.3. The highest BCUT2D eigenvalue weighted by Gasteiger charge is 2.31. The maximum absolute atomic E-state index is 11.3. The number of hydrogen-bond acceptors (Lipinski definition) is 4. The number of azo groups is 4. The summed E-state index contributed by atoms with van der Waals surface area (Å²) in [6.07, 6.45) is 4.26. The first-order valence-corrected chi connectivity index (χ1v) is 9.70. The van der Waals surface area contributed by atoms with Gasteiger partial charge in [0.05, 0.1) is 0 Å². The highest BCUT2D eigenvalue weighted by atomic mass is 16.1. The van der Waals surface area contributed by atoms with E-state index < -0.39 is 0 Å². The third kappa shape index (κ3) is 7.27. The van der Waals surface area contributed by atoms with E-state index in [1.165, 1.54) is 6.92 Å². The summed E-state index contributed by atoms with van der Waals surface area (Å²) < 4.78 is 3.55. The molecular weight excluding hydrogens is 340 g/mol. The lowest BCUT2D eigenvalue weighted by Crippen LogP contribution is -2.04. The second-order valence-corrected chi connectivity index (χ2v) is 6.80. The average Bonchev–Trinajstić information content (AvgIpc) is 3.20. The molecule has 0 aliphatic carbocycles. The van der Waals surface area contributed by atoms with Crippen LogP contribution in [0.4, 0.5) is 0 Å². The zero-order valence-electron chi connectivity index (χ0n) is 18.6. The van der Waals surface area contributed by atoms with E-state index in [-0.39, 0.29) is 11.6 Å². The van der Waals surface area contributed by atoms with Crippen molar-refractivity contribution in [3.05, 3.63) is 35.6 Å². The van der Waals surface area contributed by atoms with Gasteiger partial charge < -0.3 is 0 Å². The molecule has 2 aliphatic rings. The third-order valence-corrected chi connectivity index (χ3v) is 3.98. The molecule has 0 atom stereocenters. The van der Waals surface area contributed by atoms with Crippen LogP contribution in [0.15, 0.2) is 33.8 Å². The minimum absolute atomic E-state index is 0.0255. The zero-order valence-corrected chi connectivity index (χ0v) is 18.6. The Bertz CT molecular complexity index is 655. The fourth-order valence-electron chi connectivity index (χ4n) is 2.53. The average molecular weight is 377 g/mol. The van der Waals surface area contributed by atoms with E-state index >= 15 is 0 Å². The van der Waals surface area contributed by atoms with Gasteiger partial charge in [-0.05, 0) is 17.2 Å². The first-order chi connectivity index (χ1) is 12.6. The molecule has 2 radical (unpaired) electrons. The van der Waals surface area contributed by atoms with Crippen molar-refractivity contribution < 1.29 is 19.0 Å². The number of ketones is 2. The van der Waals surface area contributed by atoms with E-state index in [1.54, 1.807) is 9.39 Å². The number of hydrogen-bond donors (Lipinski definition) is 0. The Labute approximate surface area is 164 Å². The molecular formula is C21H36N4O2+2. The Morgan fingerprint density at radius 3 is 1.52 bits per heavy atom. The second-order valence-electron chi connectivity index (χ2n) is 6.80. The minimum atomic E-state index is 0.0255. The summed E-state index contributed by atoms with van der Waals surface area (Å²) in [5.74, 6) is 0.964. The van der Waals surface area contributed by atoms with Crippen molar-refractivity contribution in [2.24, 2.45) is 22.1 Å². The summed E-state index contributed by atoms with van der Waals surface area (Å²) >= 11 is 0. The van der Waals surface area contributed by atoms with Gasteiger partial charge in [0, 0.05) is 30.4 Å². The van der Waals surface area contributed by atoms with Gasteiger partial charge in [-0.1, -0.05) is 57.9 Å². The van der Waals surface area contributed by atoms with Crippen molar-refractivity contribution in [2.45, 2.75) is 61.8 Å². The monoisotopic (exact) mass is 376 g/mol. The van der Waals surface area contributed by atoms with Crippen molar-refractivity contribution >= 4 is 11.6 Å². The Balaban J connectivity index is 0.000000460. The van der Waals surface area contributed by atoms with E-state index in [4.69, 9.17) is 0 Å². The van der Waals surface area contributed by atoms with E-state index in [0.29, 0.717) is 30.3 Å². The Morgan fingerprint density at radius 2 is 1.26 bits per heavy atom. The fraction of sp³-hybridized carbons (Fsp3) is 0.619. The van der Waals surface area contributed by atoms with Crippen LogP contribution >= 0.6 is 0 Å². The Morgan fingerprint density at radius 1 is 0.889 bits per heavy atom. The lowest BCUT2D eigenvalue weighted by Gasteiger charge is -1.96. The van der Waals surface area contributed by atoms with Crippen LogP contribution in [0.25, 0.3) is 0 Å². The smallest absolute Gasteiger partial charge is 0.247 e. The van der Waals surface area contributed by atoms with Gasteiger partial charge in [-0.15, -0.1) is 0 Å². The molecule has 2 aliphatic heterocycles. The van der Waals surface area contributed by atoms with Crippen LogP contribution < -0.4 is 0 Å². The summed E-state index contributed by atoms with van der Waals surface area (Å²) in [5.41, 5.74) is 2.21. The largest absolute Gasteiger partial charge is 0.296 e. The van der Waals surface area contributed by atoms with Gasteiger partial charge in [0.25, 0.3) is 0 Å². The van der Waals surface area contributed by atoms with Crippen molar-refractivity contribution in [1.82, 2.24) is 0 Å².